The molecule has 3 aliphatic rings. The lowest BCUT2D eigenvalue weighted by molar-refractivity contribution is -0.138. The van der Waals surface area contributed by atoms with Crippen molar-refractivity contribution in [2.45, 2.75) is 83.8 Å². The van der Waals surface area contributed by atoms with E-state index in [4.69, 9.17) is 20.9 Å². The number of hydrogen-bond acceptors (Lipinski definition) is 11. The predicted molar refractivity (Wildman–Crippen MR) is 150 cm³/mol. The summed E-state index contributed by atoms with van der Waals surface area (Å²) in [5, 5.41) is 0. The van der Waals surface area contributed by atoms with Crippen LogP contribution in [0.5, 0.6) is 5.88 Å². The van der Waals surface area contributed by atoms with Crippen LogP contribution in [0.3, 0.4) is 0 Å². The van der Waals surface area contributed by atoms with Crippen LogP contribution < -0.4 is 16.2 Å². The van der Waals surface area contributed by atoms with Gasteiger partial charge in [-0.25, -0.2) is 14.8 Å². The van der Waals surface area contributed by atoms with Crippen LogP contribution in [0.25, 0.3) is 0 Å². The number of carbonyl (C=O) groups is 3. The van der Waals surface area contributed by atoms with Gasteiger partial charge in [-0.1, -0.05) is 6.42 Å². The molecule has 0 aromatic carbocycles. The van der Waals surface area contributed by atoms with E-state index in [1.54, 1.807) is 6.92 Å². The third-order valence-corrected chi connectivity index (χ3v) is 8.23. The third-order valence-electron chi connectivity index (χ3n) is 8.23. The fraction of sp³-hybridized carbons (Fsp3) is 0.586. The summed E-state index contributed by atoms with van der Waals surface area (Å²) in [6.45, 7) is 4.85. The van der Waals surface area contributed by atoms with Crippen molar-refractivity contribution in [3.63, 3.8) is 0 Å². The largest absolute Gasteiger partial charge is 0.473 e. The van der Waals surface area contributed by atoms with Crippen molar-refractivity contribution >= 4 is 29.6 Å². The third kappa shape index (κ3) is 6.24. The van der Waals surface area contributed by atoms with E-state index in [1.165, 1.54) is 18.4 Å². The first kappa shape index (κ1) is 29.4. The van der Waals surface area contributed by atoms with Gasteiger partial charge in [-0.05, 0) is 78.5 Å². The van der Waals surface area contributed by atoms with E-state index in [-0.39, 0.29) is 47.8 Å². The van der Waals surface area contributed by atoms with Gasteiger partial charge in [0.05, 0.1) is 12.0 Å². The maximum Gasteiger partial charge on any atom is 0.354 e. The summed E-state index contributed by atoms with van der Waals surface area (Å²) < 4.78 is 11.1. The van der Waals surface area contributed by atoms with Crippen LogP contribution in [0, 0.1) is 5.41 Å². The van der Waals surface area contributed by atoms with E-state index >= 15 is 0 Å². The molecule has 3 atom stereocenters. The Labute approximate surface area is 235 Å². The quantitative estimate of drug-likeness (QED) is 0.201. The number of likely N-dealkylation sites (tertiary alicyclic amines) is 1. The van der Waals surface area contributed by atoms with Crippen molar-refractivity contribution in [1.82, 2.24) is 14.9 Å². The number of nitrogens with zero attached hydrogens (tertiary/aromatic N) is 4. The number of likely N-dealkylation sites (N-methyl/N-ethyl adjacent to an activating group) is 1. The van der Waals surface area contributed by atoms with Crippen LogP contribution in [-0.4, -0.2) is 71.0 Å². The number of Topliss-reactive ketones (excluding diaryl/α,β-unsaturated/α-hetero) is 2. The summed E-state index contributed by atoms with van der Waals surface area (Å²) in [6.07, 6.45) is 9.21. The van der Waals surface area contributed by atoms with Gasteiger partial charge in [-0.3, -0.25) is 14.5 Å². The highest BCUT2D eigenvalue weighted by Gasteiger charge is 2.46. The Morgan fingerprint density at radius 2 is 2.00 bits per heavy atom. The Morgan fingerprint density at radius 1 is 1.23 bits per heavy atom. The second-order valence-electron chi connectivity index (χ2n) is 10.8. The number of rotatable bonds is 9. The lowest BCUT2D eigenvalue weighted by Gasteiger charge is -2.40. The Balaban J connectivity index is 1.68. The highest BCUT2D eigenvalue weighted by atomic mass is 16.5. The molecule has 1 aromatic rings. The lowest BCUT2D eigenvalue weighted by Crippen LogP contribution is -2.42. The summed E-state index contributed by atoms with van der Waals surface area (Å²) in [5.41, 5.74) is 12.2. The maximum absolute atomic E-state index is 13.8. The molecule has 40 heavy (non-hydrogen) atoms. The van der Waals surface area contributed by atoms with Gasteiger partial charge in [0.25, 0.3) is 0 Å². The van der Waals surface area contributed by atoms with Crippen molar-refractivity contribution < 1.29 is 23.9 Å². The normalized spacial score (nSPS) is 25.0. The molecule has 11 nitrogen and oxygen atoms in total. The second kappa shape index (κ2) is 12.7. The monoisotopic (exact) mass is 552 g/mol. The van der Waals surface area contributed by atoms with Crippen molar-refractivity contribution in [3.05, 3.63) is 34.9 Å². The van der Waals surface area contributed by atoms with Gasteiger partial charge in [0.1, 0.15) is 17.6 Å². The predicted octanol–water partition coefficient (Wildman–Crippen LogP) is 3.16. The van der Waals surface area contributed by atoms with Crippen molar-refractivity contribution in [1.29, 1.82) is 0 Å². The number of allylic oxidation sites excluding steroid dienone is 3. The molecule has 0 unspecified atom stereocenters. The number of hydrogen-bond donors (Lipinski definition) is 2. The van der Waals surface area contributed by atoms with Crippen LogP contribution >= 0.6 is 0 Å². The molecule has 0 bridgehead atoms. The molecule has 216 valence electrons. The second-order valence-corrected chi connectivity index (χ2v) is 10.8. The van der Waals surface area contributed by atoms with Gasteiger partial charge in [0.15, 0.2) is 5.82 Å². The van der Waals surface area contributed by atoms with Gasteiger partial charge in [-0.2, -0.15) is 4.98 Å². The smallest absolute Gasteiger partial charge is 0.354 e. The molecule has 1 aliphatic heterocycles. The molecule has 2 fully saturated rings. The van der Waals surface area contributed by atoms with Crippen LogP contribution in [0.15, 0.2) is 34.1 Å². The van der Waals surface area contributed by atoms with E-state index < -0.39 is 17.2 Å². The van der Waals surface area contributed by atoms with Gasteiger partial charge in [-0.15, -0.1) is 0 Å². The van der Waals surface area contributed by atoms with E-state index in [0.29, 0.717) is 43.4 Å². The number of ketones is 2. The highest BCUT2D eigenvalue weighted by molar-refractivity contribution is 6.08. The number of aromatic nitrogens is 2. The lowest BCUT2D eigenvalue weighted by atomic mass is 9.64. The Kier molecular flexibility index (Phi) is 9.34. The van der Waals surface area contributed by atoms with Gasteiger partial charge in [0, 0.05) is 36.0 Å². The maximum atomic E-state index is 13.8. The van der Waals surface area contributed by atoms with E-state index in [9.17, 15) is 14.4 Å². The first-order valence-corrected chi connectivity index (χ1v) is 14.2. The molecule has 2 heterocycles. The highest BCUT2D eigenvalue weighted by Crippen LogP contribution is 2.47. The topological polar surface area (TPSA) is 163 Å². The van der Waals surface area contributed by atoms with Crippen LogP contribution in [0.4, 0.5) is 5.82 Å². The zero-order chi connectivity index (χ0) is 28.9. The van der Waals surface area contributed by atoms with Crippen LogP contribution in [-0.2, 0) is 14.3 Å². The Bertz CT molecular complexity index is 1240. The van der Waals surface area contributed by atoms with Gasteiger partial charge in [0.2, 0.25) is 17.5 Å². The molecule has 1 saturated carbocycles. The van der Waals surface area contributed by atoms with E-state index in [2.05, 4.69) is 26.9 Å². The van der Waals surface area contributed by atoms with Crippen molar-refractivity contribution in [2.24, 2.45) is 21.9 Å². The molecule has 0 amide bonds. The molecule has 4 N–H and O–H groups in total. The zero-order valence-corrected chi connectivity index (χ0v) is 23.6. The number of carbonyl (C=O) groups excluding carboxylic acids is 3. The molecular weight excluding hydrogens is 512 g/mol. The molecule has 11 heteroatoms. The standard InChI is InChI=1S/C29H40N6O5/c1-4-39-28(38)20(30)12-15-32-23-17-24(40-18(2)21-10-8-16-35(21)3)34-27(33-23)25(37)19-9-7-14-29(26(19)31)13-6-5-11-22(29)36/h12,15,17-18,21H,4-11,13-14,16,30-31H2,1-3H3/t18-,21-,29+/m0/s1. The van der Waals surface area contributed by atoms with Crippen molar-refractivity contribution in [3.8, 4) is 5.88 Å². The zero-order valence-electron chi connectivity index (χ0n) is 23.6. The summed E-state index contributed by atoms with van der Waals surface area (Å²) >= 11 is 0. The average molecular weight is 553 g/mol. The molecule has 0 radical (unpaired) electrons. The fourth-order valence-electron chi connectivity index (χ4n) is 6.05. The summed E-state index contributed by atoms with van der Waals surface area (Å²) in [5.74, 6) is -0.700. The Morgan fingerprint density at radius 3 is 2.70 bits per heavy atom. The molecular formula is C29H40N6O5. The van der Waals surface area contributed by atoms with E-state index in [0.717, 1.165) is 32.2 Å². The molecule has 4 rings (SSSR count). The molecule has 1 saturated heterocycles. The van der Waals surface area contributed by atoms with Crippen LogP contribution in [0.2, 0.25) is 0 Å². The first-order chi connectivity index (χ1) is 19.2. The molecule has 2 aliphatic carbocycles. The number of ether oxygens (including phenoxy) is 2. The van der Waals surface area contributed by atoms with Gasteiger partial charge < -0.3 is 20.9 Å². The fourth-order valence-corrected chi connectivity index (χ4v) is 6.05. The Hall–Kier alpha value is -3.60. The minimum Gasteiger partial charge on any atom is -0.473 e. The minimum absolute atomic E-state index is 0.0998. The average Bonchev–Trinajstić information content (AvgIpc) is 3.37. The SMILES string of the molecule is CCOC(=O)C(N)=CC=Nc1cc(O[C@@H](C)[C@@H]2CCCN2C)nc(C(=O)C2=C(N)[C@]3(CCCCC3=O)CCC2)n1. The van der Waals surface area contributed by atoms with E-state index in [1.807, 2.05) is 6.92 Å². The summed E-state index contributed by atoms with van der Waals surface area (Å²) in [7, 11) is 2.06. The number of esters is 1. The van der Waals surface area contributed by atoms with Crippen molar-refractivity contribution in [2.75, 3.05) is 20.2 Å². The summed E-state index contributed by atoms with van der Waals surface area (Å²) in [4.78, 5) is 54.0. The molecule has 1 aromatic heterocycles. The first-order valence-electron chi connectivity index (χ1n) is 14.2. The summed E-state index contributed by atoms with van der Waals surface area (Å²) in [6, 6.07) is 1.75. The van der Waals surface area contributed by atoms with Gasteiger partial charge >= 0.3 is 5.97 Å². The number of nitrogens with two attached hydrogens (primary N) is 2. The molecule has 1 spiro atoms. The minimum atomic E-state index is -0.770. The number of aliphatic imine (C=N–C) groups is 1. The van der Waals surface area contributed by atoms with Crippen LogP contribution in [0.1, 0.15) is 82.3 Å².